The normalized spacial score (nSPS) is 18.8. The van der Waals surface area contributed by atoms with Gasteiger partial charge in [-0.15, -0.1) is 0 Å². The molecule has 376 valence electrons. The van der Waals surface area contributed by atoms with Crippen molar-refractivity contribution in [3.8, 4) is 5.75 Å². The average molecular weight is 991 g/mol. The van der Waals surface area contributed by atoms with Gasteiger partial charge in [0.05, 0.1) is 36.5 Å². The van der Waals surface area contributed by atoms with Crippen LogP contribution in [-0.4, -0.2) is 121 Å². The number of fused-ring (bicyclic) bond motifs is 1. The lowest BCUT2D eigenvalue weighted by Gasteiger charge is -2.43. The Morgan fingerprint density at radius 3 is 2.25 bits per heavy atom. The molecular formula is C53H65F2N10O5P. The number of carbonyl (C=O) groups excluding carboxylic acids is 3. The summed E-state index contributed by atoms with van der Waals surface area (Å²) in [6.07, 6.45) is 7.18. The van der Waals surface area contributed by atoms with Crippen LogP contribution in [0.25, 0.3) is 10.9 Å². The summed E-state index contributed by atoms with van der Waals surface area (Å²) in [5, 5.41) is 10.7. The van der Waals surface area contributed by atoms with Crippen molar-refractivity contribution >= 4 is 75.6 Å². The number of pyridine rings is 1. The summed E-state index contributed by atoms with van der Waals surface area (Å²) in [6, 6.07) is 14.9. The van der Waals surface area contributed by atoms with E-state index in [1.54, 1.807) is 26.6 Å². The van der Waals surface area contributed by atoms with E-state index in [4.69, 9.17) is 9.72 Å². The van der Waals surface area contributed by atoms with Crippen LogP contribution in [-0.2, 0) is 25.4 Å². The van der Waals surface area contributed by atoms with Crippen molar-refractivity contribution in [2.24, 2.45) is 5.92 Å². The zero-order valence-electron chi connectivity index (χ0n) is 41.6. The van der Waals surface area contributed by atoms with Crippen molar-refractivity contribution < 1.29 is 32.5 Å². The second-order valence-corrected chi connectivity index (χ2v) is 23.1. The van der Waals surface area contributed by atoms with Gasteiger partial charge in [-0.3, -0.25) is 29.6 Å². The number of methoxy groups -OCH3 is 1. The van der Waals surface area contributed by atoms with E-state index in [0.717, 1.165) is 103 Å². The largest absolute Gasteiger partial charge is 0.494 e. The first-order valence-corrected chi connectivity index (χ1v) is 27.6. The van der Waals surface area contributed by atoms with E-state index in [1.807, 2.05) is 47.9 Å². The van der Waals surface area contributed by atoms with Crippen molar-refractivity contribution in [3.63, 3.8) is 0 Å². The summed E-state index contributed by atoms with van der Waals surface area (Å²) in [6.45, 7) is 15.2. The Kier molecular flexibility index (Phi) is 14.6. The minimum absolute atomic E-state index is 0.0496. The SMILES string of the molecule is CCc1cc(Nc2ncc(C)c(Nc3ccc4nc(C)ccc4c3P(C)(C)=O)n2)c(OC)cc1N1CCC(N2CCN(CCC3CCN(c4cc(F)c(C5CCC(=O)NC5=O)c(F)c4)CC3)C(=O)C2)CC1. The standard InChI is InChI=1S/C53H65F2N10O5P/c1-7-35-26-44(59-53-56-30-32(2)51(61-53)58-43-12-11-42-38(9-8-33(3)57-42)50(43)71(5,6)69)46(70-4)29-45(35)63-22-17-36(18-23-63)65-25-24-64(48(67)31-65)21-16-34-14-19-62(20-15-34)37-27-40(54)49(41(55)28-37)39-10-13-47(66)60-52(39)68/h8-9,11-12,26-30,34,36,39H,7,10,13-25,31H2,1-6H3,(H,60,66,68)(H2,56,58,59,61). The maximum Gasteiger partial charge on any atom is 0.236 e. The number of rotatable bonds is 14. The number of amides is 3. The molecule has 1 unspecified atom stereocenters. The summed E-state index contributed by atoms with van der Waals surface area (Å²) in [5.74, 6) is -1.41. The summed E-state index contributed by atoms with van der Waals surface area (Å²) >= 11 is 0. The fraction of sp³-hybridized carbons (Fsp3) is 0.472. The van der Waals surface area contributed by atoms with E-state index >= 15 is 8.78 Å². The molecule has 1 atom stereocenters. The Hall–Kier alpha value is -6.19. The van der Waals surface area contributed by atoms with E-state index < -0.39 is 36.5 Å². The van der Waals surface area contributed by atoms with Gasteiger partial charge in [-0.1, -0.05) is 13.0 Å². The quantitative estimate of drug-likeness (QED) is 0.0722. The molecular weight excluding hydrogens is 926 g/mol. The van der Waals surface area contributed by atoms with Gasteiger partial charge in [0.15, 0.2) is 0 Å². The van der Waals surface area contributed by atoms with Crippen molar-refractivity contribution in [1.82, 2.24) is 30.1 Å². The molecule has 3 aromatic carbocycles. The van der Waals surface area contributed by atoms with Gasteiger partial charge in [-0.2, -0.15) is 4.98 Å². The topological polar surface area (TPSA) is 165 Å². The van der Waals surface area contributed by atoms with Crippen molar-refractivity contribution in [2.75, 3.05) is 93.2 Å². The summed E-state index contributed by atoms with van der Waals surface area (Å²) < 4.78 is 50.1. The molecule has 4 fully saturated rings. The van der Waals surface area contributed by atoms with Crippen LogP contribution < -0.4 is 35.8 Å². The molecule has 5 aromatic rings. The van der Waals surface area contributed by atoms with E-state index in [2.05, 4.69) is 54.8 Å². The first kappa shape index (κ1) is 49.8. The molecule has 15 nitrogen and oxygen atoms in total. The molecule has 71 heavy (non-hydrogen) atoms. The number of imide groups is 1. The van der Waals surface area contributed by atoms with Gasteiger partial charge in [0.1, 0.15) is 30.3 Å². The number of nitrogens with zero attached hydrogens (tertiary/aromatic N) is 7. The fourth-order valence-corrected chi connectivity index (χ4v) is 12.4. The van der Waals surface area contributed by atoms with Crippen molar-refractivity contribution in [2.45, 2.75) is 84.1 Å². The molecule has 2 aromatic heterocycles. The second-order valence-electron chi connectivity index (χ2n) is 20.0. The third kappa shape index (κ3) is 10.9. The first-order valence-electron chi connectivity index (χ1n) is 25.0. The first-order chi connectivity index (χ1) is 34.1. The molecule has 0 spiro atoms. The number of nitrogens with one attached hydrogen (secondary N) is 3. The zero-order valence-corrected chi connectivity index (χ0v) is 42.5. The Balaban J connectivity index is 0.765. The summed E-state index contributed by atoms with van der Waals surface area (Å²) in [5.41, 5.74) is 6.47. The molecule has 9 rings (SSSR count). The zero-order chi connectivity index (χ0) is 50.1. The highest BCUT2D eigenvalue weighted by molar-refractivity contribution is 7.71. The summed E-state index contributed by atoms with van der Waals surface area (Å²) in [4.78, 5) is 60.3. The average Bonchev–Trinajstić information content (AvgIpc) is 3.34. The number of aryl methyl sites for hydroxylation is 3. The number of hydrogen-bond acceptors (Lipinski definition) is 13. The van der Waals surface area contributed by atoms with Gasteiger partial charge >= 0.3 is 0 Å². The van der Waals surface area contributed by atoms with Crippen LogP contribution in [0.4, 0.5) is 43.3 Å². The Morgan fingerprint density at radius 2 is 1.58 bits per heavy atom. The Morgan fingerprint density at radius 1 is 0.845 bits per heavy atom. The lowest BCUT2D eigenvalue weighted by atomic mass is 9.89. The highest BCUT2D eigenvalue weighted by Gasteiger charge is 2.35. The molecule has 6 heterocycles. The molecule has 4 aliphatic heterocycles. The molecule has 3 amide bonds. The molecule has 4 saturated heterocycles. The Labute approximate surface area is 414 Å². The molecule has 18 heteroatoms. The number of hydrogen-bond donors (Lipinski definition) is 3. The minimum atomic E-state index is -2.73. The maximum absolute atomic E-state index is 15.2. The van der Waals surface area contributed by atoms with Crippen LogP contribution in [0, 0.1) is 31.4 Å². The van der Waals surface area contributed by atoms with Crippen molar-refractivity contribution in [3.05, 3.63) is 88.7 Å². The van der Waals surface area contributed by atoms with Gasteiger partial charge in [-0.25, -0.2) is 13.8 Å². The predicted octanol–water partition coefficient (Wildman–Crippen LogP) is 8.17. The number of carbonyl (C=O) groups is 3. The third-order valence-electron chi connectivity index (χ3n) is 14.9. The molecule has 0 bridgehead atoms. The van der Waals surface area contributed by atoms with Crippen LogP contribution in [0.15, 0.2) is 54.7 Å². The predicted molar refractivity (Wildman–Crippen MR) is 276 cm³/mol. The highest BCUT2D eigenvalue weighted by atomic mass is 31.2. The molecule has 4 aliphatic rings. The van der Waals surface area contributed by atoms with Gasteiger partial charge < -0.3 is 34.6 Å². The maximum atomic E-state index is 15.2. The smallest absolute Gasteiger partial charge is 0.236 e. The van der Waals surface area contributed by atoms with Crippen LogP contribution in [0.5, 0.6) is 5.75 Å². The Bertz CT molecular complexity index is 2880. The monoisotopic (exact) mass is 990 g/mol. The number of halogens is 2. The van der Waals surface area contributed by atoms with E-state index in [-0.39, 0.29) is 24.3 Å². The van der Waals surface area contributed by atoms with Gasteiger partial charge in [-0.05, 0) is 120 Å². The third-order valence-corrected chi connectivity index (χ3v) is 16.4. The van der Waals surface area contributed by atoms with E-state index in [9.17, 15) is 18.9 Å². The fourth-order valence-electron chi connectivity index (χ4n) is 10.9. The number of piperidine rings is 3. The molecule has 0 saturated carbocycles. The summed E-state index contributed by atoms with van der Waals surface area (Å²) in [7, 11) is -1.07. The molecule has 0 radical (unpaired) electrons. The van der Waals surface area contributed by atoms with Crippen molar-refractivity contribution in [1.29, 1.82) is 0 Å². The van der Waals surface area contributed by atoms with Gasteiger partial charge in [0.25, 0.3) is 0 Å². The minimum Gasteiger partial charge on any atom is -0.494 e. The highest BCUT2D eigenvalue weighted by Crippen LogP contribution is 2.42. The van der Waals surface area contributed by atoms with E-state index in [1.165, 1.54) is 17.7 Å². The van der Waals surface area contributed by atoms with Crippen LogP contribution in [0.2, 0.25) is 0 Å². The number of benzene rings is 3. The number of piperazine rings is 1. The number of ether oxygens (including phenoxy) is 1. The van der Waals surface area contributed by atoms with Crippen LogP contribution in [0.1, 0.15) is 80.2 Å². The van der Waals surface area contributed by atoms with Crippen LogP contribution >= 0.6 is 7.14 Å². The van der Waals surface area contributed by atoms with Gasteiger partial charge in [0.2, 0.25) is 23.7 Å². The molecule has 0 aliphatic carbocycles. The lowest BCUT2D eigenvalue weighted by molar-refractivity contribution is -0.137. The second kappa shape index (κ2) is 20.9. The van der Waals surface area contributed by atoms with Crippen LogP contribution in [0.3, 0.4) is 0 Å². The van der Waals surface area contributed by atoms with E-state index in [0.29, 0.717) is 67.9 Å². The lowest BCUT2D eigenvalue weighted by Crippen LogP contribution is -2.56. The number of aromatic nitrogens is 3. The molecule has 3 N–H and O–H groups in total. The van der Waals surface area contributed by atoms with Gasteiger partial charge in [0, 0.05) is 109 Å². The number of anilines is 6.